The Morgan fingerprint density at radius 2 is 1.74 bits per heavy atom. The number of nitrogens with one attached hydrogen (secondary N) is 1. The van der Waals surface area contributed by atoms with E-state index in [1.54, 1.807) is 25.3 Å². The van der Waals surface area contributed by atoms with E-state index in [1.165, 1.54) is 7.11 Å². The molecular formula is C17H25NO5. The van der Waals surface area contributed by atoms with Gasteiger partial charge in [0.05, 0.1) is 20.6 Å². The Balaban J connectivity index is 2.49. The number of carbonyl (C=O) groups is 2. The molecule has 128 valence electrons. The minimum absolute atomic E-state index is 0.0343. The van der Waals surface area contributed by atoms with Crippen LogP contribution in [-0.4, -0.2) is 38.7 Å². The monoisotopic (exact) mass is 323 g/mol. The fourth-order valence-electron chi connectivity index (χ4n) is 1.82. The van der Waals surface area contributed by atoms with E-state index in [4.69, 9.17) is 14.2 Å². The third-order valence-corrected chi connectivity index (χ3v) is 3.55. The molecule has 0 spiro atoms. The van der Waals surface area contributed by atoms with Crippen LogP contribution in [0.3, 0.4) is 0 Å². The van der Waals surface area contributed by atoms with Crippen LogP contribution < -0.4 is 14.8 Å². The second-order valence-electron chi connectivity index (χ2n) is 5.63. The molecule has 0 fully saturated rings. The smallest absolute Gasteiger partial charge is 0.310 e. The fraction of sp³-hybridized carbons (Fsp3) is 0.529. The number of amides is 1. The fourth-order valence-corrected chi connectivity index (χ4v) is 1.82. The van der Waals surface area contributed by atoms with E-state index >= 15 is 0 Å². The molecule has 6 heteroatoms. The zero-order valence-corrected chi connectivity index (χ0v) is 14.3. The zero-order chi connectivity index (χ0) is 17.4. The molecule has 1 atom stereocenters. The molecular weight excluding hydrogens is 298 g/mol. The molecule has 1 aromatic carbocycles. The van der Waals surface area contributed by atoms with Gasteiger partial charge in [0.2, 0.25) is 0 Å². The minimum atomic E-state index is -0.468. The molecule has 1 N–H and O–H groups in total. The van der Waals surface area contributed by atoms with Crippen molar-refractivity contribution in [3.63, 3.8) is 0 Å². The summed E-state index contributed by atoms with van der Waals surface area (Å²) in [6.45, 7) is 5.65. The highest BCUT2D eigenvalue weighted by atomic mass is 16.5. The predicted octanol–water partition coefficient (Wildman–Crippen LogP) is 1.95. The minimum Gasteiger partial charge on any atom is -0.493 e. The van der Waals surface area contributed by atoms with Crippen LogP contribution in [0, 0.1) is 5.92 Å². The van der Waals surface area contributed by atoms with Crippen LogP contribution in [0.4, 0.5) is 0 Å². The maximum atomic E-state index is 11.8. The molecule has 1 aromatic rings. The topological polar surface area (TPSA) is 73.9 Å². The van der Waals surface area contributed by atoms with E-state index in [1.807, 2.05) is 20.8 Å². The van der Waals surface area contributed by atoms with Crippen LogP contribution in [0.25, 0.3) is 0 Å². The van der Waals surface area contributed by atoms with Crippen molar-refractivity contribution in [2.75, 3.05) is 20.8 Å². The summed E-state index contributed by atoms with van der Waals surface area (Å²) in [6, 6.07) is 5.22. The zero-order valence-electron chi connectivity index (χ0n) is 14.3. The van der Waals surface area contributed by atoms with E-state index in [2.05, 4.69) is 5.32 Å². The van der Waals surface area contributed by atoms with Crippen molar-refractivity contribution in [1.82, 2.24) is 5.32 Å². The first-order valence-electron chi connectivity index (χ1n) is 7.53. The quantitative estimate of drug-likeness (QED) is 0.740. The lowest BCUT2D eigenvalue weighted by atomic mass is 10.1. The van der Waals surface area contributed by atoms with Crippen molar-refractivity contribution in [2.24, 2.45) is 5.92 Å². The van der Waals surface area contributed by atoms with Gasteiger partial charge in [-0.3, -0.25) is 9.59 Å². The lowest BCUT2D eigenvalue weighted by Crippen LogP contribution is -2.38. The Bertz CT molecular complexity index is 542. The Morgan fingerprint density at radius 3 is 2.30 bits per heavy atom. The van der Waals surface area contributed by atoms with Gasteiger partial charge in [0, 0.05) is 6.04 Å². The molecule has 0 heterocycles. The molecule has 0 unspecified atom stereocenters. The highest BCUT2D eigenvalue weighted by molar-refractivity contribution is 5.81. The Labute approximate surface area is 137 Å². The Morgan fingerprint density at radius 1 is 1.09 bits per heavy atom. The highest BCUT2D eigenvalue weighted by Gasteiger charge is 2.14. The average molecular weight is 323 g/mol. The van der Waals surface area contributed by atoms with Gasteiger partial charge >= 0.3 is 5.97 Å². The van der Waals surface area contributed by atoms with Crippen LogP contribution in [0.2, 0.25) is 0 Å². The summed E-state index contributed by atoms with van der Waals surface area (Å²) >= 11 is 0. The SMILES string of the molecule is COc1ccc(CC(=O)OCC(=O)N[C@H](C)C(C)C)cc1OC. The molecule has 0 radical (unpaired) electrons. The highest BCUT2D eigenvalue weighted by Crippen LogP contribution is 2.27. The summed E-state index contributed by atoms with van der Waals surface area (Å²) in [5, 5.41) is 2.78. The maximum absolute atomic E-state index is 11.8. The first-order chi connectivity index (χ1) is 10.9. The summed E-state index contributed by atoms with van der Waals surface area (Å²) in [5.74, 6) is 0.686. The van der Waals surface area contributed by atoms with Gasteiger partial charge in [-0.05, 0) is 30.5 Å². The molecule has 0 aliphatic heterocycles. The van der Waals surface area contributed by atoms with E-state index in [0.29, 0.717) is 17.4 Å². The normalized spacial score (nSPS) is 11.7. The van der Waals surface area contributed by atoms with Crippen molar-refractivity contribution in [1.29, 1.82) is 0 Å². The first kappa shape index (κ1) is 18.8. The largest absolute Gasteiger partial charge is 0.493 e. The average Bonchev–Trinajstić information content (AvgIpc) is 2.52. The standard InChI is InChI=1S/C17H25NO5/c1-11(2)12(3)18-16(19)10-23-17(20)9-13-6-7-14(21-4)15(8-13)22-5/h6-8,11-12H,9-10H2,1-5H3,(H,18,19)/t12-/m1/s1. The maximum Gasteiger partial charge on any atom is 0.310 e. The Hall–Kier alpha value is -2.24. The van der Waals surface area contributed by atoms with Gasteiger partial charge in [-0.2, -0.15) is 0 Å². The van der Waals surface area contributed by atoms with Crippen molar-refractivity contribution in [3.05, 3.63) is 23.8 Å². The molecule has 0 bridgehead atoms. The lowest BCUT2D eigenvalue weighted by Gasteiger charge is -2.17. The molecule has 0 aliphatic carbocycles. The summed E-state index contributed by atoms with van der Waals surface area (Å²) in [5.41, 5.74) is 0.726. The number of ether oxygens (including phenoxy) is 3. The van der Waals surface area contributed by atoms with Crippen LogP contribution >= 0.6 is 0 Å². The number of rotatable bonds is 8. The van der Waals surface area contributed by atoms with E-state index in [9.17, 15) is 9.59 Å². The van der Waals surface area contributed by atoms with Gasteiger partial charge in [0.15, 0.2) is 18.1 Å². The number of benzene rings is 1. The Kier molecular flexibility index (Phi) is 7.38. The van der Waals surface area contributed by atoms with Crippen molar-refractivity contribution < 1.29 is 23.8 Å². The van der Waals surface area contributed by atoms with Crippen molar-refractivity contribution >= 4 is 11.9 Å². The van der Waals surface area contributed by atoms with Gasteiger partial charge < -0.3 is 19.5 Å². The predicted molar refractivity (Wildman–Crippen MR) is 86.7 cm³/mol. The molecule has 1 rings (SSSR count). The number of hydrogen-bond acceptors (Lipinski definition) is 5. The van der Waals surface area contributed by atoms with Gasteiger partial charge in [-0.15, -0.1) is 0 Å². The molecule has 0 aromatic heterocycles. The third kappa shape index (κ3) is 6.18. The molecule has 1 amide bonds. The summed E-state index contributed by atoms with van der Waals surface area (Å²) < 4.78 is 15.3. The summed E-state index contributed by atoms with van der Waals surface area (Å²) in [6.07, 6.45) is 0.0629. The van der Waals surface area contributed by atoms with E-state index in [-0.39, 0.29) is 25.0 Å². The van der Waals surface area contributed by atoms with Gasteiger partial charge in [-0.25, -0.2) is 0 Å². The van der Waals surface area contributed by atoms with E-state index in [0.717, 1.165) is 5.56 Å². The molecule has 0 saturated carbocycles. The molecule has 23 heavy (non-hydrogen) atoms. The summed E-state index contributed by atoms with van der Waals surface area (Å²) in [4.78, 5) is 23.5. The second-order valence-corrected chi connectivity index (χ2v) is 5.63. The van der Waals surface area contributed by atoms with Crippen LogP contribution in [0.1, 0.15) is 26.3 Å². The number of methoxy groups -OCH3 is 2. The van der Waals surface area contributed by atoms with E-state index < -0.39 is 5.97 Å². The lowest BCUT2D eigenvalue weighted by molar-refractivity contribution is -0.148. The second kappa shape index (κ2) is 9.02. The van der Waals surface area contributed by atoms with Gasteiger partial charge in [-0.1, -0.05) is 19.9 Å². The number of esters is 1. The number of carbonyl (C=O) groups excluding carboxylic acids is 2. The van der Waals surface area contributed by atoms with Crippen LogP contribution in [-0.2, 0) is 20.7 Å². The van der Waals surface area contributed by atoms with Crippen molar-refractivity contribution in [3.8, 4) is 11.5 Å². The third-order valence-electron chi connectivity index (χ3n) is 3.55. The van der Waals surface area contributed by atoms with Crippen LogP contribution in [0.5, 0.6) is 11.5 Å². The molecule has 0 saturated heterocycles. The van der Waals surface area contributed by atoms with Crippen LogP contribution in [0.15, 0.2) is 18.2 Å². The van der Waals surface area contributed by atoms with Gasteiger partial charge in [0.25, 0.3) is 5.91 Å². The van der Waals surface area contributed by atoms with Crippen molar-refractivity contribution in [2.45, 2.75) is 33.2 Å². The number of hydrogen-bond donors (Lipinski definition) is 1. The molecule has 0 aliphatic rings. The summed E-state index contributed by atoms with van der Waals surface area (Å²) in [7, 11) is 3.07. The molecule has 6 nitrogen and oxygen atoms in total. The van der Waals surface area contributed by atoms with Gasteiger partial charge in [0.1, 0.15) is 0 Å². The first-order valence-corrected chi connectivity index (χ1v) is 7.53.